The van der Waals surface area contributed by atoms with Crippen LogP contribution < -0.4 is 0 Å². The van der Waals surface area contributed by atoms with Gasteiger partial charge in [-0.15, -0.1) is 11.3 Å². The molecule has 0 atom stereocenters. The summed E-state index contributed by atoms with van der Waals surface area (Å²) in [6, 6.07) is 12.2. The van der Waals surface area contributed by atoms with Gasteiger partial charge < -0.3 is 4.90 Å². The van der Waals surface area contributed by atoms with E-state index in [-0.39, 0.29) is 5.91 Å². The predicted molar refractivity (Wildman–Crippen MR) is 115 cm³/mol. The zero-order valence-electron chi connectivity index (χ0n) is 17.0. The summed E-state index contributed by atoms with van der Waals surface area (Å²) in [7, 11) is 1.87. The summed E-state index contributed by atoms with van der Waals surface area (Å²) in [4.78, 5) is 19.9. The molecule has 28 heavy (non-hydrogen) atoms. The molecular weight excluding hydrogens is 368 g/mol. The summed E-state index contributed by atoms with van der Waals surface area (Å²) in [5.41, 5.74) is 4.00. The van der Waals surface area contributed by atoms with E-state index in [2.05, 4.69) is 47.2 Å². The second-order valence-corrected chi connectivity index (χ2v) is 8.68. The molecule has 1 aromatic carbocycles. The third-order valence-corrected chi connectivity index (χ3v) is 5.77. The van der Waals surface area contributed by atoms with E-state index in [0.717, 1.165) is 51.8 Å². The van der Waals surface area contributed by atoms with Gasteiger partial charge in [0, 0.05) is 31.3 Å². The van der Waals surface area contributed by atoms with Gasteiger partial charge in [-0.1, -0.05) is 44.2 Å². The number of rotatable bonds is 8. The molecule has 0 spiro atoms. The molecule has 3 aromatic rings. The van der Waals surface area contributed by atoms with Crippen molar-refractivity contribution in [3.05, 3.63) is 57.7 Å². The van der Waals surface area contributed by atoms with E-state index in [4.69, 9.17) is 0 Å². The fourth-order valence-corrected chi connectivity index (χ4v) is 4.39. The lowest BCUT2D eigenvalue weighted by Gasteiger charge is -2.16. The van der Waals surface area contributed by atoms with Crippen molar-refractivity contribution >= 4 is 17.2 Å². The number of hydrogen-bond acceptors (Lipinski definition) is 4. The number of H-pyrrole nitrogens is 1. The maximum absolute atomic E-state index is 12.8. The lowest BCUT2D eigenvalue weighted by molar-refractivity contribution is 0.0797. The van der Waals surface area contributed by atoms with Crippen LogP contribution in [0.5, 0.6) is 0 Å². The fraction of sp³-hybridized carbons (Fsp3) is 0.409. The van der Waals surface area contributed by atoms with E-state index >= 15 is 0 Å². The molecule has 0 unspecified atom stereocenters. The van der Waals surface area contributed by atoms with Crippen LogP contribution in [-0.2, 0) is 12.8 Å². The Morgan fingerprint density at radius 1 is 1.25 bits per heavy atom. The second kappa shape index (κ2) is 9.15. The number of hydrogen-bond donors (Lipinski definition) is 1. The number of aromatic amines is 1. The number of aryl methyl sites for hydroxylation is 2. The molecule has 0 aliphatic rings. The number of carbonyl (C=O) groups is 1. The van der Waals surface area contributed by atoms with Gasteiger partial charge in [0.15, 0.2) is 0 Å². The first-order valence-corrected chi connectivity index (χ1v) is 10.6. The third-order valence-electron chi connectivity index (χ3n) is 4.60. The average Bonchev–Trinajstić information content (AvgIpc) is 3.28. The maximum Gasteiger partial charge on any atom is 0.265 e. The number of aromatic nitrogens is 3. The zero-order chi connectivity index (χ0) is 20.1. The molecule has 0 aliphatic heterocycles. The Hall–Kier alpha value is -2.47. The van der Waals surface area contributed by atoms with Crippen LogP contribution in [0.1, 0.15) is 46.3 Å². The van der Waals surface area contributed by atoms with Crippen molar-refractivity contribution < 1.29 is 4.79 Å². The van der Waals surface area contributed by atoms with Crippen molar-refractivity contribution in [1.82, 2.24) is 20.1 Å². The quantitative estimate of drug-likeness (QED) is 0.598. The molecule has 0 aliphatic carbocycles. The van der Waals surface area contributed by atoms with Gasteiger partial charge in [-0.3, -0.25) is 9.89 Å². The molecule has 6 heteroatoms. The van der Waals surface area contributed by atoms with Crippen LogP contribution in [0.2, 0.25) is 0 Å². The lowest BCUT2D eigenvalue weighted by atomic mass is 10.1. The Morgan fingerprint density at radius 3 is 2.71 bits per heavy atom. The van der Waals surface area contributed by atoms with Gasteiger partial charge in [-0.2, -0.15) is 5.10 Å². The Morgan fingerprint density at radius 2 is 2.00 bits per heavy atom. The number of benzene rings is 1. The Bertz CT molecular complexity index is 914. The van der Waals surface area contributed by atoms with Crippen LogP contribution in [0.4, 0.5) is 0 Å². The normalized spacial score (nSPS) is 11.2. The Labute approximate surface area is 170 Å². The molecule has 2 heterocycles. The smallest absolute Gasteiger partial charge is 0.265 e. The second-order valence-electron chi connectivity index (χ2n) is 7.59. The van der Waals surface area contributed by atoms with Gasteiger partial charge in [0.25, 0.3) is 5.91 Å². The van der Waals surface area contributed by atoms with E-state index < -0.39 is 0 Å². The minimum Gasteiger partial charge on any atom is -0.341 e. The van der Waals surface area contributed by atoms with Crippen molar-refractivity contribution in [2.75, 3.05) is 13.6 Å². The SMILES string of the molecule is Cc1nc(CC(C)C)sc1C(=O)N(C)CCCc1cc(-c2ccccc2)n[nH]1. The van der Waals surface area contributed by atoms with Crippen LogP contribution in [-0.4, -0.2) is 39.6 Å². The molecular formula is C22H28N4OS. The summed E-state index contributed by atoms with van der Waals surface area (Å²) < 4.78 is 0. The van der Waals surface area contributed by atoms with Crippen molar-refractivity contribution in [1.29, 1.82) is 0 Å². The molecule has 3 rings (SSSR count). The van der Waals surface area contributed by atoms with Crippen LogP contribution in [0, 0.1) is 12.8 Å². The highest BCUT2D eigenvalue weighted by Crippen LogP contribution is 2.22. The van der Waals surface area contributed by atoms with Gasteiger partial charge in [0.1, 0.15) is 4.88 Å². The number of nitrogens with one attached hydrogen (secondary N) is 1. The highest BCUT2D eigenvalue weighted by atomic mass is 32.1. The lowest BCUT2D eigenvalue weighted by Crippen LogP contribution is -2.27. The third kappa shape index (κ3) is 5.07. The first-order chi connectivity index (χ1) is 13.4. The van der Waals surface area contributed by atoms with Crippen molar-refractivity contribution in [2.45, 2.75) is 40.0 Å². The Balaban J connectivity index is 1.53. The summed E-state index contributed by atoms with van der Waals surface area (Å²) in [6.45, 7) is 6.97. The van der Waals surface area contributed by atoms with E-state index in [1.165, 1.54) is 11.3 Å². The Kier molecular flexibility index (Phi) is 6.62. The summed E-state index contributed by atoms with van der Waals surface area (Å²) in [5.74, 6) is 0.612. The molecule has 0 saturated carbocycles. The van der Waals surface area contributed by atoms with Crippen LogP contribution in [0.25, 0.3) is 11.3 Å². The minimum atomic E-state index is 0.0691. The highest BCUT2D eigenvalue weighted by molar-refractivity contribution is 7.13. The summed E-state index contributed by atoms with van der Waals surface area (Å²) >= 11 is 1.54. The van der Waals surface area contributed by atoms with E-state index in [9.17, 15) is 4.79 Å². The molecule has 148 valence electrons. The number of amides is 1. The molecule has 1 amide bonds. The van der Waals surface area contributed by atoms with Gasteiger partial charge in [0.05, 0.1) is 16.4 Å². The largest absolute Gasteiger partial charge is 0.341 e. The van der Waals surface area contributed by atoms with Crippen LogP contribution in [0.15, 0.2) is 36.4 Å². The highest BCUT2D eigenvalue weighted by Gasteiger charge is 2.19. The number of thiazole rings is 1. The molecule has 1 N–H and O–H groups in total. The first-order valence-electron chi connectivity index (χ1n) is 9.75. The molecule has 0 fully saturated rings. The summed E-state index contributed by atoms with van der Waals surface area (Å²) in [5, 5.41) is 8.55. The first kappa shape index (κ1) is 20.3. The number of carbonyl (C=O) groups excluding carboxylic acids is 1. The van der Waals surface area contributed by atoms with E-state index in [1.54, 1.807) is 4.90 Å². The topological polar surface area (TPSA) is 61.9 Å². The van der Waals surface area contributed by atoms with E-state index in [0.29, 0.717) is 12.5 Å². The van der Waals surface area contributed by atoms with Crippen molar-refractivity contribution in [3.8, 4) is 11.3 Å². The fourth-order valence-electron chi connectivity index (χ4n) is 3.12. The van der Waals surface area contributed by atoms with Gasteiger partial charge >= 0.3 is 0 Å². The number of nitrogens with zero attached hydrogens (tertiary/aromatic N) is 3. The molecule has 0 saturated heterocycles. The molecule has 2 aromatic heterocycles. The monoisotopic (exact) mass is 396 g/mol. The van der Waals surface area contributed by atoms with Crippen molar-refractivity contribution in [3.63, 3.8) is 0 Å². The van der Waals surface area contributed by atoms with Crippen molar-refractivity contribution in [2.24, 2.45) is 5.92 Å². The average molecular weight is 397 g/mol. The molecule has 0 bridgehead atoms. The summed E-state index contributed by atoms with van der Waals surface area (Å²) in [6.07, 6.45) is 2.67. The molecule has 0 radical (unpaired) electrons. The van der Waals surface area contributed by atoms with Crippen LogP contribution in [0.3, 0.4) is 0 Å². The zero-order valence-corrected chi connectivity index (χ0v) is 17.8. The van der Waals surface area contributed by atoms with Crippen LogP contribution >= 0.6 is 11.3 Å². The van der Waals surface area contributed by atoms with Gasteiger partial charge in [-0.05, 0) is 31.7 Å². The maximum atomic E-state index is 12.8. The van der Waals surface area contributed by atoms with Gasteiger partial charge in [0.2, 0.25) is 0 Å². The molecule has 5 nitrogen and oxygen atoms in total. The minimum absolute atomic E-state index is 0.0691. The van der Waals surface area contributed by atoms with Gasteiger partial charge in [-0.25, -0.2) is 4.98 Å². The predicted octanol–water partition coefficient (Wildman–Crippen LogP) is 4.74. The standard InChI is InChI=1S/C22H28N4OS/c1-15(2)13-20-23-16(3)21(28-20)22(27)26(4)12-8-11-18-14-19(25-24-18)17-9-6-5-7-10-17/h5-7,9-10,14-15H,8,11-13H2,1-4H3,(H,24,25). The van der Waals surface area contributed by atoms with E-state index in [1.807, 2.05) is 32.2 Å².